The van der Waals surface area contributed by atoms with Gasteiger partial charge in [0.2, 0.25) is 0 Å². The number of H-pyrrole nitrogens is 1. The van der Waals surface area contributed by atoms with Gasteiger partial charge in [0.25, 0.3) is 5.56 Å². The molecule has 1 heterocycles. The highest BCUT2D eigenvalue weighted by atomic mass is 16.6. The van der Waals surface area contributed by atoms with Crippen molar-refractivity contribution in [1.82, 2.24) is 9.97 Å². The van der Waals surface area contributed by atoms with Gasteiger partial charge in [0.15, 0.2) is 5.75 Å². The molecule has 0 aliphatic carbocycles. The maximum Gasteiger partial charge on any atom is 0.311 e. The van der Waals surface area contributed by atoms with E-state index in [1.54, 1.807) is 13.1 Å². The molecule has 0 amide bonds. The van der Waals surface area contributed by atoms with Crippen molar-refractivity contribution in [2.45, 2.75) is 19.8 Å². The first-order valence-electron chi connectivity index (χ1n) is 7.65. The van der Waals surface area contributed by atoms with Crippen molar-refractivity contribution in [2.75, 3.05) is 19.5 Å². The lowest BCUT2D eigenvalue weighted by Gasteiger charge is -2.11. The molecule has 0 spiro atoms. The van der Waals surface area contributed by atoms with Gasteiger partial charge in [-0.05, 0) is 18.6 Å². The zero-order valence-corrected chi connectivity index (χ0v) is 14.2. The van der Waals surface area contributed by atoms with Crippen LogP contribution in [0.15, 0.2) is 23.0 Å². The van der Waals surface area contributed by atoms with Crippen LogP contribution in [0.2, 0.25) is 0 Å². The molecule has 0 aliphatic rings. The van der Waals surface area contributed by atoms with E-state index in [0.29, 0.717) is 12.0 Å². The van der Waals surface area contributed by atoms with Crippen LogP contribution in [0.3, 0.4) is 0 Å². The fourth-order valence-electron chi connectivity index (χ4n) is 2.41. The minimum absolute atomic E-state index is 0.113. The molecule has 1 aromatic carbocycles. The summed E-state index contributed by atoms with van der Waals surface area (Å²) in [5.41, 5.74) is 0.346. The number of ether oxygens (including phenoxy) is 1. The number of rotatable bonds is 7. The Hall–Kier alpha value is -3.23. The number of benzene rings is 1. The molecule has 0 unspecified atom stereocenters. The summed E-state index contributed by atoms with van der Waals surface area (Å²) in [6.07, 6.45) is 1.20. The third-order valence-corrected chi connectivity index (χ3v) is 3.60. The predicted octanol–water partition coefficient (Wildman–Crippen LogP) is 2.56. The molecule has 9 heteroatoms. The fraction of sp³-hybridized carbons (Fsp3) is 0.312. The summed E-state index contributed by atoms with van der Waals surface area (Å²) in [5, 5.41) is 22.1. The van der Waals surface area contributed by atoms with Crippen LogP contribution in [-0.4, -0.2) is 34.8 Å². The molecule has 0 atom stereocenters. The van der Waals surface area contributed by atoms with Crippen LogP contribution in [-0.2, 0) is 0 Å². The topological polar surface area (TPSA) is 134 Å². The highest BCUT2D eigenvalue weighted by molar-refractivity contribution is 6.01. The van der Waals surface area contributed by atoms with Gasteiger partial charge in [0.05, 0.1) is 17.7 Å². The van der Waals surface area contributed by atoms with Crippen LogP contribution < -0.4 is 15.6 Å². The molecular weight excluding hydrogens is 326 g/mol. The summed E-state index contributed by atoms with van der Waals surface area (Å²) in [7, 11) is 2.92. The van der Waals surface area contributed by atoms with Crippen LogP contribution in [0.4, 0.5) is 11.4 Å². The van der Waals surface area contributed by atoms with Crippen LogP contribution >= 0.6 is 0 Å². The Labute approximate surface area is 143 Å². The SMILES string of the molecule is CCCC(=N)c1nc(-c2ccc(OC)c([N+](=O)[O-])c2)[nH]c(=O)c1NC. The number of nitrogens with one attached hydrogen (secondary N) is 3. The Kier molecular flexibility index (Phi) is 5.48. The smallest absolute Gasteiger partial charge is 0.311 e. The van der Waals surface area contributed by atoms with Gasteiger partial charge in [-0.2, -0.15) is 0 Å². The van der Waals surface area contributed by atoms with Gasteiger partial charge < -0.3 is 20.4 Å². The van der Waals surface area contributed by atoms with E-state index in [-0.39, 0.29) is 34.4 Å². The number of aromatic amines is 1. The van der Waals surface area contributed by atoms with Gasteiger partial charge in [-0.1, -0.05) is 13.3 Å². The summed E-state index contributed by atoms with van der Waals surface area (Å²) in [4.78, 5) is 29.9. The van der Waals surface area contributed by atoms with Gasteiger partial charge >= 0.3 is 5.69 Å². The second kappa shape index (κ2) is 7.56. The first kappa shape index (κ1) is 18.1. The molecule has 0 saturated carbocycles. The van der Waals surface area contributed by atoms with Crippen LogP contribution in [0.5, 0.6) is 5.75 Å². The van der Waals surface area contributed by atoms with E-state index in [2.05, 4.69) is 15.3 Å². The Morgan fingerprint density at radius 1 is 1.48 bits per heavy atom. The number of hydrogen-bond donors (Lipinski definition) is 3. The number of methoxy groups -OCH3 is 1. The number of nitro groups is 1. The average Bonchev–Trinajstić information content (AvgIpc) is 2.60. The van der Waals surface area contributed by atoms with Crippen molar-refractivity contribution >= 4 is 17.1 Å². The summed E-state index contributed by atoms with van der Waals surface area (Å²) in [5.74, 6) is 0.271. The third-order valence-electron chi connectivity index (χ3n) is 3.60. The number of anilines is 1. The molecule has 0 saturated heterocycles. The normalized spacial score (nSPS) is 10.4. The Morgan fingerprint density at radius 2 is 2.20 bits per heavy atom. The van der Waals surface area contributed by atoms with Crippen molar-refractivity contribution in [3.05, 3.63) is 44.4 Å². The minimum Gasteiger partial charge on any atom is -0.490 e. The van der Waals surface area contributed by atoms with E-state index in [0.717, 1.165) is 6.42 Å². The number of hydrogen-bond acceptors (Lipinski definition) is 7. The van der Waals surface area contributed by atoms with E-state index in [4.69, 9.17) is 10.1 Å². The predicted molar refractivity (Wildman–Crippen MR) is 94.8 cm³/mol. The Balaban J connectivity index is 2.64. The molecule has 1 aromatic heterocycles. The highest BCUT2D eigenvalue weighted by Gasteiger charge is 2.19. The van der Waals surface area contributed by atoms with Gasteiger partial charge in [0, 0.05) is 18.7 Å². The van der Waals surface area contributed by atoms with E-state index >= 15 is 0 Å². The van der Waals surface area contributed by atoms with Gasteiger partial charge in [-0.15, -0.1) is 0 Å². The van der Waals surface area contributed by atoms with Crippen molar-refractivity contribution in [2.24, 2.45) is 0 Å². The van der Waals surface area contributed by atoms with Crippen LogP contribution in [0.25, 0.3) is 11.4 Å². The maximum atomic E-state index is 12.3. The second-order valence-electron chi connectivity index (χ2n) is 5.26. The summed E-state index contributed by atoms with van der Waals surface area (Å²) in [6.45, 7) is 1.93. The van der Waals surface area contributed by atoms with Crippen LogP contribution in [0, 0.1) is 15.5 Å². The molecule has 0 bridgehead atoms. The van der Waals surface area contributed by atoms with E-state index in [1.165, 1.54) is 19.2 Å². The lowest BCUT2D eigenvalue weighted by Crippen LogP contribution is -2.20. The highest BCUT2D eigenvalue weighted by Crippen LogP contribution is 2.31. The lowest BCUT2D eigenvalue weighted by molar-refractivity contribution is -0.385. The van der Waals surface area contributed by atoms with Crippen molar-refractivity contribution in [3.8, 4) is 17.1 Å². The lowest BCUT2D eigenvalue weighted by atomic mass is 10.1. The van der Waals surface area contributed by atoms with Crippen molar-refractivity contribution < 1.29 is 9.66 Å². The Bertz CT molecular complexity index is 875. The average molecular weight is 345 g/mol. The molecule has 132 valence electrons. The van der Waals surface area contributed by atoms with Gasteiger partial charge in [0.1, 0.15) is 17.2 Å². The first-order chi connectivity index (χ1) is 11.9. The van der Waals surface area contributed by atoms with Gasteiger partial charge in [-0.25, -0.2) is 4.98 Å². The fourth-order valence-corrected chi connectivity index (χ4v) is 2.41. The maximum absolute atomic E-state index is 12.3. The van der Waals surface area contributed by atoms with E-state index in [1.807, 2.05) is 6.92 Å². The summed E-state index contributed by atoms with van der Waals surface area (Å²) < 4.78 is 4.97. The number of aromatic nitrogens is 2. The van der Waals surface area contributed by atoms with Crippen LogP contribution in [0.1, 0.15) is 25.5 Å². The monoisotopic (exact) mass is 345 g/mol. The summed E-state index contributed by atoms with van der Waals surface area (Å²) >= 11 is 0. The van der Waals surface area contributed by atoms with E-state index in [9.17, 15) is 14.9 Å². The Morgan fingerprint density at radius 3 is 2.76 bits per heavy atom. The quantitative estimate of drug-likeness (QED) is 0.401. The number of nitro benzene ring substituents is 1. The zero-order valence-electron chi connectivity index (χ0n) is 14.2. The standard InChI is InChI=1S/C16H19N5O4/c1-4-5-10(17)13-14(18-2)16(22)20-15(19-13)9-6-7-12(25-3)11(8-9)21(23)24/h6-8,17-18H,4-5H2,1-3H3,(H,19,20,22). The molecule has 3 N–H and O–H groups in total. The molecule has 0 radical (unpaired) electrons. The largest absolute Gasteiger partial charge is 0.490 e. The molecule has 2 aromatic rings. The van der Waals surface area contributed by atoms with Crippen molar-refractivity contribution in [1.29, 1.82) is 5.41 Å². The first-order valence-corrected chi connectivity index (χ1v) is 7.65. The molecule has 2 rings (SSSR count). The van der Waals surface area contributed by atoms with Gasteiger partial charge in [-0.3, -0.25) is 14.9 Å². The molecule has 0 fully saturated rings. The van der Waals surface area contributed by atoms with E-state index < -0.39 is 10.5 Å². The molecule has 9 nitrogen and oxygen atoms in total. The minimum atomic E-state index is -0.567. The summed E-state index contributed by atoms with van der Waals surface area (Å²) in [6, 6.07) is 4.29. The third kappa shape index (κ3) is 3.65. The molecule has 0 aliphatic heterocycles. The second-order valence-corrected chi connectivity index (χ2v) is 5.26. The molecular formula is C16H19N5O4. The van der Waals surface area contributed by atoms with Crippen molar-refractivity contribution in [3.63, 3.8) is 0 Å². The zero-order chi connectivity index (χ0) is 18.6. The molecule has 25 heavy (non-hydrogen) atoms. The number of nitrogens with zero attached hydrogens (tertiary/aromatic N) is 2.